The molecule has 1 amide bonds. The molecule has 2 aromatic rings. The Morgan fingerprint density at radius 3 is 2.94 bits per heavy atom. The van der Waals surface area contributed by atoms with Crippen LogP contribution >= 0.6 is 0 Å². The van der Waals surface area contributed by atoms with Gasteiger partial charge in [-0.05, 0) is 18.6 Å². The normalized spacial score (nSPS) is 13.6. The Labute approximate surface area is 99.3 Å². The van der Waals surface area contributed by atoms with Crippen molar-refractivity contribution in [1.29, 1.82) is 0 Å². The second kappa shape index (κ2) is 3.45. The van der Waals surface area contributed by atoms with Gasteiger partial charge in [-0.2, -0.15) is 5.10 Å². The highest BCUT2D eigenvalue weighted by Gasteiger charge is 2.24. The Morgan fingerprint density at radius 1 is 1.35 bits per heavy atom. The van der Waals surface area contributed by atoms with Gasteiger partial charge in [0.2, 0.25) is 0 Å². The molecule has 0 atom stereocenters. The SMILES string of the molecule is Cc1nn(C)c2c1C(=O)Nc1ccccc1C2. The summed E-state index contributed by atoms with van der Waals surface area (Å²) in [6.45, 7) is 1.87. The quantitative estimate of drug-likeness (QED) is 0.747. The van der Waals surface area contributed by atoms with Crippen molar-refractivity contribution in [3.05, 3.63) is 46.8 Å². The number of para-hydroxylation sites is 1. The zero-order chi connectivity index (χ0) is 12.0. The number of nitrogens with one attached hydrogen (secondary N) is 1. The van der Waals surface area contributed by atoms with Crippen LogP contribution in [-0.2, 0) is 13.5 Å². The lowest BCUT2D eigenvalue weighted by molar-refractivity contribution is 0.102. The minimum Gasteiger partial charge on any atom is -0.322 e. The van der Waals surface area contributed by atoms with Crippen molar-refractivity contribution in [2.45, 2.75) is 13.3 Å². The highest BCUT2D eigenvalue weighted by atomic mass is 16.1. The number of nitrogens with zero attached hydrogens (tertiary/aromatic N) is 2. The first-order valence-electron chi connectivity index (χ1n) is 5.58. The molecule has 0 saturated heterocycles. The molecule has 0 unspecified atom stereocenters. The summed E-state index contributed by atoms with van der Waals surface area (Å²) in [5.41, 5.74) is 4.50. The van der Waals surface area contributed by atoms with Gasteiger partial charge in [-0.15, -0.1) is 0 Å². The number of carbonyl (C=O) groups excluding carboxylic acids is 1. The molecule has 1 aliphatic heterocycles. The second-order valence-corrected chi connectivity index (χ2v) is 4.32. The van der Waals surface area contributed by atoms with E-state index in [0.717, 1.165) is 29.1 Å². The van der Waals surface area contributed by atoms with Gasteiger partial charge in [0.1, 0.15) is 0 Å². The summed E-state index contributed by atoms with van der Waals surface area (Å²) < 4.78 is 1.80. The molecule has 0 aliphatic carbocycles. The Bertz CT molecular complexity index is 613. The van der Waals surface area contributed by atoms with Crippen LogP contribution < -0.4 is 5.32 Å². The molecule has 0 radical (unpaired) electrons. The van der Waals surface area contributed by atoms with Gasteiger partial charge in [0.25, 0.3) is 5.91 Å². The van der Waals surface area contributed by atoms with Gasteiger partial charge in [0.05, 0.1) is 17.0 Å². The molecular weight excluding hydrogens is 214 g/mol. The molecule has 0 fully saturated rings. The van der Waals surface area contributed by atoms with E-state index in [4.69, 9.17) is 0 Å². The van der Waals surface area contributed by atoms with Gasteiger partial charge in [-0.3, -0.25) is 9.48 Å². The van der Waals surface area contributed by atoms with E-state index in [9.17, 15) is 4.79 Å². The highest BCUT2D eigenvalue weighted by Crippen LogP contribution is 2.27. The minimum absolute atomic E-state index is 0.0597. The average molecular weight is 227 g/mol. The molecule has 0 spiro atoms. The molecule has 1 aromatic heterocycles. The van der Waals surface area contributed by atoms with Crippen LogP contribution in [0, 0.1) is 6.92 Å². The summed E-state index contributed by atoms with van der Waals surface area (Å²) in [5.74, 6) is -0.0597. The van der Waals surface area contributed by atoms with Crippen molar-refractivity contribution in [1.82, 2.24) is 9.78 Å². The van der Waals surface area contributed by atoms with Crippen LogP contribution in [0.2, 0.25) is 0 Å². The maximum absolute atomic E-state index is 12.1. The van der Waals surface area contributed by atoms with E-state index in [1.54, 1.807) is 4.68 Å². The zero-order valence-corrected chi connectivity index (χ0v) is 9.82. The Hall–Kier alpha value is -2.10. The van der Waals surface area contributed by atoms with Crippen molar-refractivity contribution in [2.75, 3.05) is 5.32 Å². The lowest BCUT2D eigenvalue weighted by Gasteiger charge is -2.05. The Morgan fingerprint density at radius 2 is 2.12 bits per heavy atom. The van der Waals surface area contributed by atoms with E-state index in [0.29, 0.717) is 5.56 Å². The first kappa shape index (κ1) is 10.1. The molecule has 4 heteroatoms. The van der Waals surface area contributed by atoms with Crippen LogP contribution in [0.1, 0.15) is 27.3 Å². The second-order valence-electron chi connectivity index (χ2n) is 4.32. The van der Waals surface area contributed by atoms with Gasteiger partial charge in [-0.25, -0.2) is 0 Å². The first-order valence-corrected chi connectivity index (χ1v) is 5.58. The highest BCUT2D eigenvalue weighted by molar-refractivity contribution is 6.07. The van der Waals surface area contributed by atoms with E-state index in [2.05, 4.69) is 10.4 Å². The van der Waals surface area contributed by atoms with E-state index in [1.807, 2.05) is 38.2 Å². The van der Waals surface area contributed by atoms with Crippen LogP contribution in [0.3, 0.4) is 0 Å². The Kier molecular flexibility index (Phi) is 2.04. The van der Waals surface area contributed by atoms with Crippen LogP contribution in [0.4, 0.5) is 5.69 Å². The largest absolute Gasteiger partial charge is 0.322 e. The minimum atomic E-state index is -0.0597. The maximum Gasteiger partial charge on any atom is 0.259 e. The van der Waals surface area contributed by atoms with E-state index >= 15 is 0 Å². The predicted molar refractivity (Wildman–Crippen MR) is 65.1 cm³/mol. The summed E-state index contributed by atoms with van der Waals surface area (Å²) >= 11 is 0. The standard InChI is InChI=1S/C13H13N3O/c1-8-12-11(16(2)15-8)7-9-5-3-4-6-10(9)14-13(12)17/h3-6H,7H2,1-2H3,(H,14,17). The number of anilines is 1. The molecule has 86 valence electrons. The number of fused-ring (bicyclic) bond motifs is 2. The number of hydrogen-bond acceptors (Lipinski definition) is 2. The first-order chi connectivity index (χ1) is 8.16. The van der Waals surface area contributed by atoms with Gasteiger partial charge in [0, 0.05) is 19.2 Å². The molecular formula is C13H13N3O. The zero-order valence-electron chi connectivity index (χ0n) is 9.82. The smallest absolute Gasteiger partial charge is 0.259 e. The fourth-order valence-corrected chi connectivity index (χ4v) is 2.37. The number of amides is 1. The average Bonchev–Trinajstić information content (AvgIpc) is 2.49. The fraction of sp³-hybridized carbons (Fsp3) is 0.231. The number of rotatable bonds is 0. The van der Waals surface area contributed by atoms with Gasteiger partial charge in [0.15, 0.2) is 0 Å². The number of carbonyl (C=O) groups is 1. The van der Waals surface area contributed by atoms with Gasteiger partial charge >= 0.3 is 0 Å². The van der Waals surface area contributed by atoms with Gasteiger partial charge < -0.3 is 5.32 Å². The number of hydrogen-bond donors (Lipinski definition) is 1. The van der Waals surface area contributed by atoms with Crippen molar-refractivity contribution in [2.24, 2.45) is 7.05 Å². The summed E-state index contributed by atoms with van der Waals surface area (Å²) in [6.07, 6.45) is 0.738. The molecule has 0 bridgehead atoms. The molecule has 1 N–H and O–H groups in total. The molecule has 2 heterocycles. The Balaban J connectivity index is 2.23. The fourth-order valence-electron chi connectivity index (χ4n) is 2.37. The monoisotopic (exact) mass is 227 g/mol. The molecule has 17 heavy (non-hydrogen) atoms. The predicted octanol–water partition coefficient (Wildman–Crippen LogP) is 1.89. The number of benzene rings is 1. The third-order valence-electron chi connectivity index (χ3n) is 3.19. The lowest BCUT2D eigenvalue weighted by atomic mass is 10.1. The summed E-state index contributed by atoms with van der Waals surface area (Å²) in [7, 11) is 1.88. The van der Waals surface area contributed by atoms with Crippen molar-refractivity contribution < 1.29 is 4.79 Å². The number of aryl methyl sites for hydroxylation is 2. The van der Waals surface area contributed by atoms with Crippen molar-refractivity contribution >= 4 is 11.6 Å². The third kappa shape index (κ3) is 1.45. The molecule has 3 rings (SSSR count). The van der Waals surface area contributed by atoms with Gasteiger partial charge in [-0.1, -0.05) is 18.2 Å². The van der Waals surface area contributed by atoms with Crippen molar-refractivity contribution in [3.8, 4) is 0 Å². The van der Waals surface area contributed by atoms with Crippen LogP contribution in [-0.4, -0.2) is 15.7 Å². The third-order valence-corrected chi connectivity index (χ3v) is 3.19. The summed E-state index contributed by atoms with van der Waals surface area (Å²) in [5, 5.41) is 7.25. The van der Waals surface area contributed by atoms with Crippen LogP contribution in [0.15, 0.2) is 24.3 Å². The van der Waals surface area contributed by atoms with E-state index < -0.39 is 0 Å². The molecule has 0 saturated carbocycles. The lowest BCUT2D eigenvalue weighted by Crippen LogP contribution is -2.12. The topological polar surface area (TPSA) is 46.9 Å². The molecule has 4 nitrogen and oxygen atoms in total. The summed E-state index contributed by atoms with van der Waals surface area (Å²) in [4.78, 5) is 12.1. The number of aromatic nitrogens is 2. The van der Waals surface area contributed by atoms with E-state index in [-0.39, 0.29) is 5.91 Å². The summed E-state index contributed by atoms with van der Waals surface area (Å²) in [6, 6.07) is 7.88. The molecule has 1 aliphatic rings. The van der Waals surface area contributed by atoms with E-state index in [1.165, 1.54) is 0 Å². The van der Waals surface area contributed by atoms with Crippen molar-refractivity contribution in [3.63, 3.8) is 0 Å². The maximum atomic E-state index is 12.1. The molecule has 1 aromatic carbocycles. The van der Waals surface area contributed by atoms with Crippen LogP contribution in [0.25, 0.3) is 0 Å². The van der Waals surface area contributed by atoms with Crippen LogP contribution in [0.5, 0.6) is 0 Å².